The largest absolute Gasteiger partial charge is 0.478 e. The van der Waals surface area contributed by atoms with Crippen molar-refractivity contribution in [2.75, 3.05) is 5.32 Å². The molecule has 0 saturated carbocycles. The molecule has 1 aliphatic carbocycles. The Labute approximate surface area is 167 Å². The lowest BCUT2D eigenvalue weighted by atomic mass is 9.88. The number of amides is 2. The van der Waals surface area contributed by atoms with Crippen molar-refractivity contribution in [2.45, 2.75) is 45.6 Å². The molecule has 3 N–H and O–H groups in total. The van der Waals surface area contributed by atoms with Crippen LogP contribution in [0.15, 0.2) is 24.3 Å². The van der Waals surface area contributed by atoms with Gasteiger partial charge in [-0.15, -0.1) is 11.3 Å². The summed E-state index contributed by atoms with van der Waals surface area (Å²) >= 11 is 7.32. The molecule has 7 heteroatoms. The Morgan fingerprint density at radius 1 is 1.30 bits per heavy atom. The minimum absolute atomic E-state index is 0.341. The summed E-state index contributed by atoms with van der Waals surface area (Å²) in [7, 11) is 0. The maximum Gasteiger partial charge on any atom is 0.268 e. The summed E-state index contributed by atoms with van der Waals surface area (Å²) in [6, 6.07) is 6.81. The molecule has 0 aliphatic heterocycles. The minimum Gasteiger partial charge on any atom is -0.478 e. The molecule has 0 spiro atoms. The van der Waals surface area contributed by atoms with E-state index in [4.69, 9.17) is 22.1 Å². The third kappa shape index (κ3) is 4.28. The Morgan fingerprint density at radius 2 is 1.96 bits per heavy atom. The number of anilines is 1. The van der Waals surface area contributed by atoms with Gasteiger partial charge < -0.3 is 15.8 Å². The predicted molar refractivity (Wildman–Crippen MR) is 109 cm³/mol. The van der Waals surface area contributed by atoms with Crippen molar-refractivity contribution in [1.29, 1.82) is 0 Å². The van der Waals surface area contributed by atoms with E-state index >= 15 is 0 Å². The van der Waals surface area contributed by atoms with E-state index in [0.29, 0.717) is 27.3 Å². The van der Waals surface area contributed by atoms with Gasteiger partial charge in [0.25, 0.3) is 11.8 Å². The number of hydrogen-bond donors (Lipinski definition) is 2. The number of halogens is 1. The summed E-state index contributed by atoms with van der Waals surface area (Å²) in [5.41, 5.74) is 5.90. The van der Waals surface area contributed by atoms with Crippen LogP contribution in [-0.4, -0.2) is 17.4 Å². The second kappa shape index (κ2) is 7.52. The third-order valence-corrected chi connectivity index (χ3v) is 6.14. The summed E-state index contributed by atoms with van der Waals surface area (Å²) < 4.78 is 5.83. The molecule has 27 heavy (non-hydrogen) atoms. The van der Waals surface area contributed by atoms with Gasteiger partial charge in [0.2, 0.25) is 0 Å². The van der Waals surface area contributed by atoms with Gasteiger partial charge in [-0.25, -0.2) is 0 Å². The Kier molecular flexibility index (Phi) is 5.49. The van der Waals surface area contributed by atoms with Crippen LogP contribution in [0.4, 0.5) is 5.00 Å². The first-order chi connectivity index (χ1) is 12.7. The monoisotopic (exact) mass is 406 g/mol. The van der Waals surface area contributed by atoms with Crippen LogP contribution in [0.25, 0.3) is 0 Å². The maximum atomic E-state index is 12.8. The van der Waals surface area contributed by atoms with Gasteiger partial charge in [0.1, 0.15) is 10.8 Å². The van der Waals surface area contributed by atoms with E-state index in [-0.39, 0.29) is 5.91 Å². The summed E-state index contributed by atoms with van der Waals surface area (Å²) in [5.74, 6) is 0.249. The molecule has 3 rings (SSSR count). The number of benzene rings is 1. The number of carbonyl (C=O) groups excluding carboxylic acids is 2. The molecular weight excluding hydrogens is 384 g/mol. The zero-order chi connectivity index (χ0) is 19.8. The van der Waals surface area contributed by atoms with Crippen LogP contribution < -0.4 is 15.8 Å². The van der Waals surface area contributed by atoms with E-state index in [0.717, 1.165) is 29.7 Å². The van der Waals surface area contributed by atoms with Crippen molar-refractivity contribution in [3.63, 3.8) is 0 Å². The highest BCUT2D eigenvalue weighted by Gasteiger charge is 2.33. The number of nitrogens with one attached hydrogen (secondary N) is 1. The number of rotatable bonds is 5. The zero-order valence-corrected chi connectivity index (χ0v) is 17.2. The number of hydrogen-bond acceptors (Lipinski definition) is 4. The summed E-state index contributed by atoms with van der Waals surface area (Å²) in [5, 5.41) is 3.97. The van der Waals surface area contributed by atoms with Crippen LogP contribution in [0.3, 0.4) is 0 Å². The number of thiophene rings is 1. The molecule has 1 aliphatic rings. The maximum absolute atomic E-state index is 12.8. The van der Waals surface area contributed by atoms with E-state index < -0.39 is 11.5 Å². The van der Waals surface area contributed by atoms with E-state index in [9.17, 15) is 9.59 Å². The second-order valence-electron chi connectivity index (χ2n) is 7.44. The molecule has 2 amide bonds. The molecule has 144 valence electrons. The molecule has 1 atom stereocenters. The first-order valence-corrected chi connectivity index (χ1v) is 10.1. The first-order valence-electron chi connectivity index (χ1n) is 8.87. The molecule has 0 saturated heterocycles. The molecular formula is C20H23ClN2O3S. The quantitative estimate of drug-likeness (QED) is 0.770. The van der Waals surface area contributed by atoms with Crippen LogP contribution in [-0.2, 0) is 17.6 Å². The second-order valence-corrected chi connectivity index (χ2v) is 8.98. The molecule has 0 fully saturated rings. The highest BCUT2D eigenvalue weighted by atomic mass is 35.5. The average Bonchev–Trinajstić information content (AvgIpc) is 2.93. The van der Waals surface area contributed by atoms with E-state index in [1.54, 1.807) is 38.1 Å². The topological polar surface area (TPSA) is 81.4 Å². The smallest absolute Gasteiger partial charge is 0.268 e. The van der Waals surface area contributed by atoms with Crippen molar-refractivity contribution in [3.05, 3.63) is 45.3 Å². The SMILES string of the molecule is CC1CCc2c(sc(NC(=O)C(C)(C)Oc3ccc(Cl)cc3)c2C(N)=O)C1. The fourth-order valence-electron chi connectivity index (χ4n) is 3.20. The number of carbonyl (C=O) groups is 2. The van der Waals surface area contributed by atoms with Crippen LogP contribution in [0.2, 0.25) is 5.02 Å². The van der Waals surface area contributed by atoms with Crippen molar-refractivity contribution in [3.8, 4) is 5.75 Å². The highest BCUT2D eigenvalue weighted by molar-refractivity contribution is 7.17. The van der Waals surface area contributed by atoms with Gasteiger partial charge >= 0.3 is 0 Å². The van der Waals surface area contributed by atoms with Gasteiger partial charge in [-0.3, -0.25) is 9.59 Å². The first kappa shape index (κ1) is 19.7. The normalized spacial score (nSPS) is 16.5. The molecule has 5 nitrogen and oxygen atoms in total. The van der Waals surface area contributed by atoms with Gasteiger partial charge in [-0.1, -0.05) is 18.5 Å². The predicted octanol–water partition coefficient (Wildman–Crippen LogP) is 4.42. The lowest BCUT2D eigenvalue weighted by Gasteiger charge is -2.25. The Balaban J connectivity index is 1.82. The van der Waals surface area contributed by atoms with Crippen molar-refractivity contribution >= 4 is 39.8 Å². The number of nitrogens with two attached hydrogens (primary N) is 1. The van der Waals surface area contributed by atoms with Gasteiger partial charge in [-0.2, -0.15) is 0 Å². The fourth-order valence-corrected chi connectivity index (χ4v) is 4.73. The van der Waals surface area contributed by atoms with Crippen LogP contribution in [0, 0.1) is 5.92 Å². The number of fused-ring (bicyclic) bond motifs is 1. The van der Waals surface area contributed by atoms with Gasteiger partial charge in [0, 0.05) is 9.90 Å². The van der Waals surface area contributed by atoms with Gasteiger partial charge in [0.05, 0.1) is 5.56 Å². The molecule has 0 radical (unpaired) electrons. The van der Waals surface area contributed by atoms with Crippen molar-refractivity contribution in [2.24, 2.45) is 11.7 Å². The van der Waals surface area contributed by atoms with Crippen LogP contribution in [0.5, 0.6) is 5.75 Å². The Bertz CT molecular complexity index is 874. The van der Waals surface area contributed by atoms with Crippen LogP contribution >= 0.6 is 22.9 Å². The van der Waals surface area contributed by atoms with Gasteiger partial charge in [-0.05, 0) is 68.9 Å². The van der Waals surface area contributed by atoms with Crippen molar-refractivity contribution in [1.82, 2.24) is 0 Å². The number of ether oxygens (including phenoxy) is 1. The molecule has 1 unspecified atom stereocenters. The van der Waals surface area contributed by atoms with E-state index in [1.165, 1.54) is 11.3 Å². The van der Waals surface area contributed by atoms with Gasteiger partial charge in [0.15, 0.2) is 5.60 Å². The number of primary amides is 1. The molecule has 2 aromatic rings. The Hall–Kier alpha value is -2.05. The minimum atomic E-state index is -1.14. The highest BCUT2D eigenvalue weighted by Crippen LogP contribution is 2.39. The van der Waals surface area contributed by atoms with E-state index in [2.05, 4.69) is 12.2 Å². The molecule has 1 aromatic carbocycles. The molecule has 1 heterocycles. The summed E-state index contributed by atoms with van der Waals surface area (Å²) in [6.07, 6.45) is 2.73. The fraction of sp³-hybridized carbons (Fsp3) is 0.400. The lowest BCUT2D eigenvalue weighted by molar-refractivity contribution is -0.128. The van der Waals surface area contributed by atoms with E-state index in [1.807, 2.05) is 0 Å². The Morgan fingerprint density at radius 3 is 2.59 bits per heavy atom. The van der Waals surface area contributed by atoms with Crippen molar-refractivity contribution < 1.29 is 14.3 Å². The molecule has 0 bridgehead atoms. The summed E-state index contributed by atoms with van der Waals surface area (Å²) in [6.45, 7) is 5.54. The molecule has 1 aromatic heterocycles. The summed E-state index contributed by atoms with van der Waals surface area (Å²) in [4.78, 5) is 26.0. The average molecular weight is 407 g/mol. The van der Waals surface area contributed by atoms with Crippen LogP contribution in [0.1, 0.15) is 48.0 Å². The zero-order valence-electron chi connectivity index (χ0n) is 15.6. The lowest BCUT2D eigenvalue weighted by Crippen LogP contribution is -2.42. The third-order valence-electron chi connectivity index (χ3n) is 4.72. The standard InChI is InChI=1S/C20H23ClN2O3S/c1-11-4-9-14-15(10-11)27-18(16(14)17(22)24)23-19(25)20(2,3)26-13-7-5-12(21)6-8-13/h5-8,11H,4,9-10H2,1-3H3,(H2,22,24)(H,23,25).